The summed E-state index contributed by atoms with van der Waals surface area (Å²) in [5.74, 6) is -0.294. The van der Waals surface area contributed by atoms with E-state index in [4.69, 9.17) is 0 Å². The maximum Gasteiger partial charge on any atom is 0.124 e. The van der Waals surface area contributed by atoms with Gasteiger partial charge >= 0.3 is 0 Å². The summed E-state index contributed by atoms with van der Waals surface area (Å²) in [7, 11) is 0. The summed E-state index contributed by atoms with van der Waals surface area (Å²) in [5.41, 5.74) is 3.84. The van der Waals surface area contributed by atoms with Gasteiger partial charge in [-0.1, -0.05) is 39.7 Å². The largest absolute Gasteiger partial charge is 0.388 e. The average Bonchev–Trinajstić information content (AvgIpc) is 2.30. The second kappa shape index (κ2) is 5.85. The zero-order chi connectivity index (χ0) is 14.0. The summed E-state index contributed by atoms with van der Waals surface area (Å²) < 4.78 is 14.0. The molecule has 2 aromatic rings. The number of rotatable bonds is 3. The molecule has 0 aliphatic carbocycles. The minimum Gasteiger partial charge on any atom is -0.388 e. The van der Waals surface area contributed by atoms with Crippen molar-refractivity contribution in [3.05, 3.63) is 68.9 Å². The zero-order valence-electron chi connectivity index (χ0n) is 11.0. The molecule has 0 fully saturated rings. The topological polar surface area (TPSA) is 20.2 Å². The molecular formula is C16H16BrFO. The van der Waals surface area contributed by atoms with E-state index in [1.54, 1.807) is 0 Å². The Hall–Kier alpha value is -1.19. The quantitative estimate of drug-likeness (QED) is 0.883. The first-order valence-electron chi connectivity index (χ1n) is 6.16. The fraction of sp³-hybridized carbons (Fsp3) is 0.250. The first kappa shape index (κ1) is 14.2. The fourth-order valence-corrected chi connectivity index (χ4v) is 2.69. The van der Waals surface area contributed by atoms with E-state index >= 15 is 0 Å². The number of hydrogen-bond donors (Lipinski definition) is 1. The predicted molar refractivity (Wildman–Crippen MR) is 78.7 cm³/mol. The van der Waals surface area contributed by atoms with Crippen LogP contribution in [-0.4, -0.2) is 5.11 Å². The number of aliphatic hydroxyl groups is 1. The molecule has 0 amide bonds. The Morgan fingerprint density at radius 1 is 1.16 bits per heavy atom. The maximum absolute atomic E-state index is 13.3. The molecule has 0 spiro atoms. The van der Waals surface area contributed by atoms with E-state index < -0.39 is 6.10 Å². The van der Waals surface area contributed by atoms with Gasteiger partial charge in [0, 0.05) is 10.9 Å². The SMILES string of the molecule is Cc1ccc(C)c(C(O)Cc2cc(F)cc(Br)c2)c1. The van der Waals surface area contributed by atoms with Gasteiger partial charge in [-0.2, -0.15) is 0 Å². The van der Waals surface area contributed by atoms with Crippen LogP contribution < -0.4 is 0 Å². The van der Waals surface area contributed by atoms with Crippen molar-refractivity contribution in [1.29, 1.82) is 0 Å². The standard InChI is InChI=1S/C16H16BrFO/c1-10-3-4-11(2)15(5-10)16(19)8-12-6-13(17)9-14(18)7-12/h3-7,9,16,19H,8H2,1-2H3. The number of hydrogen-bond acceptors (Lipinski definition) is 1. The summed E-state index contributed by atoms with van der Waals surface area (Å²) in [4.78, 5) is 0. The lowest BCUT2D eigenvalue weighted by atomic mass is 9.96. The lowest BCUT2D eigenvalue weighted by Gasteiger charge is -2.15. The van der Waals surface area contributed by atoms with E-state index in [0.717, 1.165) is 22.3 Å². The van der Waals surface area contributed by atoms with E-state index in [-0.39, 0.29) is 5.82 Å². The molecule has 100 valence electrons. The van der Waals surface area contributed by atoms with E-state index in [2.05, 4.69) is 15.9 Å². The molecule has 2 aromatic carbocycles. The number of aryl methyl sites for hydroxylation is 2. The normalized spacial score (nSPS) is 12.5. The van der Waals surface area contributed by atoms with Gasteiger partial charge in [0.15, 0.2) is 0 Å². The van der Waals surface area contributed by atoms with Gasteiger partial charge in [0.1, 0.15) is 5.82 Å². The van der Waals surface area contributed by atoms with Gasteiger partial charge in [-0.05, 0) is 48.7 Å². The van der Waals surface area contributed by atoms with Gasteiger partial charge in [-0.25, -0.2) is 4.39 Å². The monoisotopic (exact) mass is 322 g/mol. The van der Waals surface area contributed by atoms with Gasteiger partial charge in [-0.3, -0.25) is 0 Å². The average molecular weight is 323 g/mol. The molecule has 0 aromatic heterocycles. The first-order valence-corrected chi connectivity index (χ1v) is 6.95. The molecule has 2 rings (SSSR count). The maximum atomic E-state index is 13.3. The van der Waals surface area contributed by atoms with Crippen molar-refractivity contribution in [2.75, 3.05) is 0 Å². The summed E-state index contributed by atoms with van der Waals surface area (Å²) in [6, 6.07) is 10.7. The van der Waals surface area contributed by atoms with E-state index in [9.17, 15) is 9.50 Å². The van der Waals surface area contributed by atoms with Gasteiger partial charge in [0.2, 0.25) is 0 Å². The van der Waals surface area contributed by atoms with Crippen LogP contribution in [0, 0.1) is 19.7 Å². The van der Waals surface area contributed by atoms with E-state index in [1.165, 1.54) is 12.1 Å². The van der Waals surface area contributed by atoms with E-state index in [0.29, 0.717) is 10.9 Å². The summed E-state index contributed by atoms with van der Waals surface area (Å²) in [5, 5.41) is 10.3. The second-order valence-corrected chi connectivity index (χ2v) is 5.77. The molecule has 1 N–H and O–H groups in total. The van der Waals surface area contributed by atoms with Crippen molar-refractivity contribution >= 4 is 15.9 Å². The minimum absolute atomic E-state index is 0.294. The highest BCUT2D eigenvalue weighted by Gasteiger charge is 2.12. The fourth-order valence-electron chi connectivity index (χ4n) is 2.18. The number of halogens is 2. The highest BCUT2D eigenvalue weighted by atomic mass is 79.9. The Morgan fingerprint density at radius 3 is 2.58 bits per heavy atom. The van der Waals surface area contributed by atoms with Crippen LogP contribution >= 0.6 is 15.9 Å². The minimum atomic E-state index is -0.617. The third kappa shape index (κ3) is 3.64. The summed E-state index contributed by atoms with van der Waals surface area (Å²) >= 11 is 3.26. The zero-order valence-corrected chi connectivity index (χ0v) is 12.5. The van der Waals surface area contributed by atoms with E-state index in [1.807, 2.05) is 38.1 Å². The van der Waals surface area contributed by atoms with Crippen LogP contribution in [0.15, 0.2) is 40.9 Å². The molecule has 0 aliphatic heterocycles. The number of aliphatic hydroxyl groups excluding tert-OH is 1. The smallest absolute Gasteiger partial charge is 0.124 e. The molecule has 0 saturated heterocycles. The third-order valence-electron chi connectivity index (χ3n) is 3.15. The third-order valence-corrected chi connectivity index (χ3v) is 3.60. The molecular weight excluding hydrogens is 307 g/mol. The van der Waals surface area contributed by atoms with Gasteiger partial charge < -0.3 is 5.11 Å². The van der Waals surface area contributed by atoms with Crippen LogP contribution in [0.2, 0.25) is 0 Å². The van der Waals surface area contributed by atoms with Crippen LogP contribution in [0.25, 0.3) is 0 Å². The second-order valence-electron chi connectivity index (χ2n) is 4.86. The predicted octanol–water partition coefficient (Wildman–Crippen LogP) is 4.48. The van der Waals surface area contributed by atoms with Crippen molar-refractivity contribution in [3.63, 3.8) is 0 Å². The van der Waals surface area contributed by atoms with Crippen LogP contribution in [-0.2, 0) is 6.42 Å². The molecule has 0 heterocycles. The van der Waals surface area contributed by atoms with Crippen molar-refractivity contribution in [2.45, 2.75) is 26.4 Å². The van der Waals surface area contributed by atoms with Crippen molar-refractivity contribution in [2.24, 2.45) is 0 Å². The number of benzene rings is 2. The molecule has 1 unspecified atom stereocenters. The van der Waals surface area contributed by atoms with Crippen molar-refractivity contribution in [3.8, 4) is 0 Å². The van der Waals surface area contributed by atoms with Crippen LogP contribution in [0.1, 0.15) is 28.4 Å². The van der Waals surface area contributed by atoms with Crippen LogP contribution in [0.5, 0.6) is 0 Å². The lowest BCUT2D eigenvalue weighted by Crippen LogP contribution is -2.04. The molecule has 1 atom stereocenters. The summed E-state index contributed by atoms with van der Waals surface area (Å²) in [6.07, 6.45) is -0.214. The van der Waals surface area contributed by atoms with Crippen LogP contribution in [0.3, 0.4) is 0 Å². The molecule has 1 nitrogen and oxygen atoms in total. The van der Waals surface area contributed by atoms with Crippen molar-refractivity contribution in [1.82, 2.24) is 0 Å². The Bertz CT molecular complexity index is 575. The van der Waals surface area contributed by atoms with Gasteiger partial charge in [0.25, 0.3) is 0 Å². The van der Waals surface area contributed by atoms with Gasteiger partial charge in [0.05, 0.1) is 6.10 Å². The molecule has 3 heteroatoms. The molecule has 0 bridgehead atoms. The Balaban J connectivity index is 2.25. The molecule has 0 radical (unpaired) electrons. The highest BCUT2D eigenvalue weighted by Crippen LogP contribution is 2.24. The van der Waals surface area contributed by atoms with Crippen molar-refractivity contribution < 1.29 is 9.50 Å². The highest BCUT2D eigenvalue weighted by molar-refractivity contribution is 9.10. The molecule has 19 heavy (non-hydrogen) atoms. The van der Waals surface area contributed by atoms with Crippen LogP contribution in [0.4, 0.5) is 4.39 Å². The Labute approximate surface area is 121 Å². The molecule has 0 aliphatic rings. The lowest BCUT2D eigenvalue weighted by molar-refractivity contribution is 0.177. The first-order chi connectivity index (χ1) is 8.95. The Kier molecular flexibility index (Phi) is 4.38. The Morgan fingerprint density at radius 2 is 1.89 bits per heavy atom. The summed E-state index contributed by atoms with van der Waals surface area (Å²) in [6.45, 7) is 3.97. The van der Waals surface area contributed by atoms with Gasteiger partial charge in [-0.15, -0.1) is 0 Å². The molecule has 0 saturated carbocycles.